The summed E-state index contributed by atoms with van der Waals surface area (Å²) in [5, 5.41) is 3.47. The summed E-state index contributed by atoms with van der Waals surface area (Å²) in [6.45, 7) is 5.66. The average molecular weight is 419 g/mol. The van der Waals surface area contributed by atoms with E-state index in [0.717, 1.165) is 46.7 Å². The minimum Gasteiger partial charge on any atom is -0.378 e. The molecule has 0 aliphatic carbocycles. The van der Waals surface area contributed by atoms with Gasteiger partial charge in [-0.1, -0.05) is 18.2 Å². The fourth-order valence-electron chi connectivity index (χ4n) is 4.05. The molecule has 0 bridgehead atoms. The highest BCUT2D eigenvalue weighted by atomic mass is 16.5. The smallest absolute Gasteiger partial charge is 0.274 e. The first-order valence-corrected chi connectivity index (χ1v) is 10.7. The molecule has 0 unspecified atom stereocenters. The highest BCUT2D eigenvalue weighted by molar-refractivity contribution is 5.94. The van der Waals surface area contributed by atoms with Crippen LogP contribution in [0, 0.1) is 6.92 Å². The van der Waals surface area contributed by atoms with Gasteiger partial charge in [0, 0.05) is 38.8 Å². The predicted molar refractivity (Wildman–Crippen MR) is 118 cm³/mol. The standard InChI is InChI=1S/C23H26N6O2/c1-16-5-4-10-29-19(21(27-22(16)29)23(30)28-11-13-31-14-12-28)15-24-9-8-20-25-17-6-2-3-7-18(17)26-20/h2-7,10,24H,8-9,11-15H2,1H3,(H,25,26). The minimum atomic E-state index is -0.0273. The quantitative estimate of drug-likeness (QED) is 0.469. The van der Waals surface area contributed by atoms with Crippen LogP contribution in [0.15, 0.2) is 42.6 Å². The highest BCUT2D eigenvalue weighted by Gasteiger charge is 2.25. The van der Waals surface area contributed by atoms with Gasteiger partial charge in [0.15, 0.2) is 5.69 Å². The normalized spacial score (nSPS) is 14.5. The van der Waals surface area contributed by atoms with Gasteiger partial charge in [0.1, 0.15) is 11.5 Å². The average Bonchev–Trinajstić information content (AvgIpc) is 3.39. The fraction of sp³-hybridized carbons (Fsp3) is 0.348. The first-order valence-electron chi connectivity index (χ1n) is 10.7. The van der Waals surface area contributed by atoms with Crippen LogP contribution in [0.4, 0.5) is 0 Å². The van der Waals surface area contributed by atoms with Gasteiger partial charge in [0.25, 0.3) is 5.91 Å². The molecule has 5 rings (SSSR count). The van der Waals surface area contributed by atoms with Gasteiger partial charge in [-0.2, -0.15) is 0 Å². The summed E-state index contributed by atoms with van der Waals surface area (Å²) in [6, 6.07) is 12.0. The number of ether oxygens (including phenoxy) is 1. The van der Waals surface area contributed by atoms with E-state index < -0.39 is 0 Å². The number of aryl methyl sites for hydroxylation is 1. The zero-order valence-electron chi connectivity index (χ0n) is 17.6. The number of carbonyl (C=O) groups excluding carboxylic acids is 1. The van der Waals surface area contributed by atoms with Crippen molar-refractivity contribution in [3.05, 3.63) is 65.4 Å². The van der Waals surface area contributed by atoms with Crippen molar-refractivity contribution in [3.8, 4) is 0 Å². The van der Waals surface area contributed by atoms with Crippen LogP contribution in [0.2, 0.25) is 0 Å². The van der Waals surface area contributed by atoms with E-state index in [1.165, 1.54) is 0 Å². The van der Waals surface area contributed by atoms with E-state index in [1.54, 1.807) is 0 Å². The number of pyridine rings is 1. The maximum atomic E-state index is 13.2. The van der Waals surface area contributed by atoms with Crippen molar-refractivity contribution in [2.45, 2.75) is 19.9 Å². The lowest BCUT2D eigenvalue weighted by atomic mass is 10.2. The number of fused-ring (bicyclic) bond motifs is 2. The summed E-state index contributed by atoms with van der Waals surface area (Å²) >= 11 is 0. The molecule has 4 aromatic rings. The first-order chi connectivity index (χ1) is 15.2. The van der Waals surface area contributed by atoms with Gasteiger partial charge >= 0.3 is 0 Å². The molecule has 0 atom stereocenters. The third kappa shape index (κ3) is 3.92. The summed E-state index contributed by atoms with van der Waals surface area (Å²) in [5.74, 6) is 0.924. The largest absolute Gasteiger partial charge is 0.378 e. The maximum Gasteiger partial charge on any atom is 0.274 e. The Balaban J connectivity index is 1.33. The Morgan fingerprint density at radius 1 is 1.16 bits per heavy atom. The lowest BCUT2D eigenvalue weighted by molar-refractivity contribution is 0.0298. The van der Waals surface area contributed by atoms with Crippen LogP contribution in [0.1, 0.15) is 27.6 Å². The van der Waals surface area contributed by atoms with Crippen molar-refractivity contribution >= 4 is 22.6 Å². The molecule has 31 heavy (non-hydrogen) atoms. The zero-order chi connectivity index (χ0) is 21.2. The van der Waals surface area contributed by atoms with E-state index in [1.807, 2.05) is 58.8 Å². The second-order valence-electron chi connectivity index (χ2n) is 7.82. The third-order valence-corrected chi connectivity index (χ3v) is 5.71. The van der Waals surface area contributed by atoms with Crippen LogP contribution in [0.3, 0.4) is 0 Å². The van der Waals surface area contributed by atoms with Crippen molar-refractivity contribution < 1.29 is 9.53 Å². The molecule has 0 spiro atoms. The number of benzene rings is 1. The molecule has 2 N–H and O–H groups in total. The number of hydrogen-bond acceptors (Lipinski definition) is 5. The van der Waals surface area contributed by atoms with Crippen LogP contribution in [0.25, 0.3) is 16.7 Å². The molecule has 1 amide bonds. The van der Waals surface area contributed by atoms with Crippen molar-refractivity contribution in [3.63, 3.8) is 0 Å². The number of nitrogens with one attached hydrogen (secondary N) is 2. The lowest BCUT2D eigenvalue weighted by Crippen LogP contribution is -2.41. The molecule has 1 saturated heterocycles. The van der Waals surface area contributed by atoms with Gasteiger partial charge in [0.05, 0.1) is 29.9 Å². The van der Waals surface area contributed by atoms with Gasteiger partial charge in [-0.3, -0.25) is 4.79 Å². The van der Waals surface area contributed by atoms with Crippen molar-refractivity contribution in [1.82, 2.24) is 29.6 Å². The Bertz CT molecular complexity index is 1190. The number of aromatic nitrogens is 4. The van der Waals surface area contributed by atoms with Gasteiger partial charge in [-0.15, -0.1) is 0 Å². The molecule has 1 fully saturated rings. The number of aromatic amines is 1. The Morgan fingerprint density at radius 3 is 2.84 bits per heavy atom. The second kappa shape index (κ2) is 8.49. The number of rotatable bonds is 6. The van der Waals surface area contributed by atoms with E-state index >= 15 is 0 Å². The summed E-state index contributed by atoms with van der Waals surface area (Å²) in [6.07, 6.45) is 2.75. The van der Waals surface area contributed by atoms with Gasteiger partial charge in [-0.05, 0) is 30.7 Å². The molecule has 0 saturated carbocycles. The zero-order valence-corrected chi connectivity index (χ0v) is 17.6. The van der Waals surface area contributed by atoms with E-state index in [-0.39, 0.29) is 5.91 Å². The van der Waals surface area contributed by atoms with E-state index in [2.05, 4.69) is 15.3 Å². The number of carbonyl (C=O) groups is 1. The summed E-state index contributed by atoms with van der Waals surface area (Å²) in [7, 11) is 0. The molecule has 8 nitrogen and oxygen atoms in total. The summed E-state index contributed by atoms with van der Waals surface area (Å²) in [4.78, 5) is 27.8. The van der Waals surface area contributed by atoms with Crippen LogP contribution >= 0.6 is 0 Å². The number of nitrogens with zero attached hydrogens (tertiary/aromatic N) is 4. The van der Waals surface area contributed by atoms with Crippen LogP contribution in [-0.2, 0) is 17.7 Å². The lowest BCUT2D eigenvalue weighted by Gasteiger charge is -2.26. The fourth-order valence-corrected chi connectivity index (χ4v) is 4.05. The number of amides is 1. The minimum absolute atomic E-state index is 0.0273. The third-order valence-electron chi connectivity index (χ3n) is 5.71. The van der Waals surface area contributed by atoms with Gasteiger partial charge in [-0.25, -0.2) is 9.97 Å². The predicted octanol–water partition coefficient (Wildman–Crippen LogP) is 2.32. The van der Waals surface area contributed by atoms with Crippen LogP contribution < -0.4 is 5.32 Å². The van der Waals surface area contributed by atoms with Crippen molar-refractivity contribution in [2.24, 2.45) is 0 Å². The monoisotopic (exact) mass is 418 g/mol. The molecule has 1 aromatic carbocycles. The highest BCUT2D eigenvalue weighted by Crippen LogP contribution is 2.18. The molecule has 1 aliphatic rings. The van der Waals surface area contributed by atoms with Gasteiger partial charge < -0.3 is 24.3 Å². The molecular formula is C23H26N6O2. The second-order valence-corrected chi connectivity index (χ2v) is 7.82. The molecule has 3 aromatic heterocycles. The molecular weight excluding hydrogens is 392 g/mol. The maximum absolute atomic E-state index is 13.2. The van der Waals surface area contributed by atoms with Crippen molar-refractivity contribution in [2.75, 3.05) is 32.8 Å². The van der Waals surface area contributed by atoms with Gasteiger partial charge in [0.2, 0.25) is 0 Å². The Labute approximate surface area is 180 Å². The van der Waals surface area contributed by atoms with E-state index in [0.29, 0.717) is 38.5 Å². The van der Waals surface area contributed by atoms with E-state index in [9.17, 15) is 4.79 Å². The summed E-state index contributed by atoms with van der Waals surface area (Å²) in [5.41, 5.74) is 5.31. The number of morpholine rings is 1. The summed E-state index contributed by atoms with van der Waals surface area (Å²) < 4.78 is 7.42. The van der Waals surface area contributed by atoms with E-state index in [4.69, 9.17) is 9.72 Å². The topological polar surface area (TPSA) is 87.5 Å². The molecule has 8 heteroatoms. The molecule has 0 radical (unpaired) electrons. The molecule has 4 heterocycles. The Morgan fingerprint density at radius 2 is 2.00 bits per heavy atom. The number of para-hydroxylation sites is 2. The Kier molecular flexibility index (Phi) is 5.40. The molecule has 1 aliphatic heterocycles. The van der Waals surface area contributed by atoms with Crippen LogP contribution in [0.5, 0.6) is 0 Å². The molecule has 160 valence electrons. The number of imidazole rings is 2. The SMILES string of the molecule is Cc1cccn2c(CNCCc3nc4ccccc4[nH]3)c(C(=O)N3CCOCC3)nc12. The number of H-pyrrole nitrogens is 1. The first kappa shape index (κ1) is 19.7. The van der Waals surface area contributed by atoms with Crippen LogP contribution in [-0.4, -0.2) is 63.0 Å². The number of hydrogen-bond donors (Lipinski definition) is 2. The Hall–Kier alpha value is -3.23. The van der Waals surface area contributed by atoms with Crippen molar-refractivity contribution in [1.29, 1.82) is 0 Å².